The third kappa shape index (κ3) is 2.65. The summed E-state index contributed by atoms with van der Waals surface area (Å²) in [6, 6.07) is 15.6. The van der Waals surface area contributed by atoms with E-state index < -0.39 is 10.0 Å². The van der Waals surface area contributed by atoms with Gasteiger partial charge in [-0.2, -0.15) is 0 Å². The number of hydrogen-bond donors (Lipinski definition) is 1. The molecule has 0 unspecified atom stereocenters. The number of nitrogens with zero attached hydrogens (tertiary/aromatic N) is 1. The van der Waals surface area contributed by atoms with Gasteiger partial charge in [-0.1, -0.05) is 36.4 Å². The van der Waals surface area contributed by atoms with Crippen molar-refractivity contribution in [1.82, 2.24) is 4.72 Å². The standard InChI is InChI=1S/C18H18N2O2S/c21-23(22)17-8-4-3-7-16(17)18(20-23)19-10-9-13-11-14-5-1-2-6-15(14)12-13/h1-8,13H,9-12H2,(H,19,20). The van der Waals surface area contributed by atoms with Crippen LogP contribution in [0.4, 0.5) is 0 Å². The Hall–Kier alpha value is -2.14. The van der Waals surface area contributed by atoms with Crippen LogP contribution in [0.25, 0.3) is 0 Å². The quantitative estimate of drug-likeness (QED) is 0.942. The second kappa shape index (κ2) is 5.49. The van der Waals surface area contributed by atoms with Gasteiger partial charge in [0.2, 0.25) is 0 Å². The molecule has 1 aliphatic heterocycles. The summed E-state index contributed by atoms with van der Waals surface area (Å²) in [5, 5.41) is 0. The van der Waals surface area contributed by atoms with Crippen LogP contribution in [-0.4, -0.2) is 20.8 Å². The van der Waals surface area contributed by atoms with Crippen molar-refractivity contribution in [2.24, 2.45) is 10.9 Å². The molecule has 0 saturated heterocycles. The Morgan fingerprint density at radius 1 is 1.00 bits per heavy atom. The number of amidine groups is 1. The summed E-state index contributed by atoms with van der Waals surface area (Å²) in [6.45, 7) is 0.644. The van der Waals surface area contributed by atoms with E-state index in [1.54, 1.807) is 18.2 Å². The summed E-state index contributed by atoms with van der Waals surface area (Å²) in [5.41, 5.74) is 3.57. The molecule has 1 aliphatic carbocycles. The highest BCUT2D eigenvalue weighted by Crippen LogP contribution is 2.29. The Morgan fingerprint density at radius 3 is 2.39 bits per heavy atom. The smallest absolute Gasteiger partial charge is 0.263 e. The second-order valence-electron chi connectivity index (χ2n) is 6.16. The first-order valence-corrected chi connectivity index (χ1v) is 9.35. The lowest BCUT2D eigenvalue weighted by Gasteiger charge is -2.06. The van der Waals surface area contributed by atoms with E-state index in [9.17, 15) is 8.42 Å². The lowest BCUT2D eigenvalue weighted by molar-refractivity contribution is 0.523. The minimum Gasteiger partial charge on any atom is -0.267 e. The zero-order chi connectivity index (χ0) is 15.9. The van der Waals surface area contributed by atoms with Gasteiger partial charge in [-0.15, -0.1) is 0 Å². The van der Waals surface area contributed by atoms with Crippen LogP contribution < -0.4 is 4.72 Å². The van der Waals surface area contributed by atoms with E-state index in [2.05, 4.69) is 34.0 Å². The molecule has 0 bridgehead atoms. The van der Waals surface area contributed by atoms with Crippen LogP contribution in [0.2, 0.25) is 0 Å². The van der Waals surface area contributed by atoms with Gasteiger partial charge in [0.1, 0.15) is 5.84 Å². The predicted octanol–water partition coefficient (Wildman–Crippen LogP) is 2.53. The van der Waals surface area contributed by atoms with Crippen molar-refractivity contribution in [3.63, 3.8) is 0 Å². The Labute approximate surface area is 136 Å². The topological polar surface area (TPSA) is 58.5 Å². The van der Waals surface area contributed by atoms with Crippen molar-refractivity contribution < 1.29 is 8.42 Å². The number of nitrogens with one attached hydrogen (secondary N) is 1. The summed E-state index contributed by atoms with van der Waals surface area (Å²) in [6.07, 6.45) is 3.18. The molecule has 2 aliphatic rings. The van der Waals surface area contributed by atoms with Crippen molar-refractivity contribution in [2.45, 2.75) is 24.2 Å². The third-order valence-electron chi connectivity index (χ3n) is 4.61. The minimum absolute atomic E-state index is 0.326. The van der Waals surface area contributed by atoms with Crippen LogP contribution in [-0.2, 0) is 22.9 Å². The van der Waals surface area contributed by atoms with Crippen molar-refractivity contribution in [1.29, 1.82) is 0 Å². The number of fused-ring (bicyclic) bond motifs is 2. The molecule has 2 aromatic rings. The zero-order valence-electron chi connectivity index (χ0n) is 12.7. The first-order valence-electron chi connectivity index (χ1n) is 7.87. The van der Waals surface area contributed by atoms with E-state index in [4.69, 9.17) is 0 Å². The van der Waals surface area contributed by atoms with Gasteiger partial charge in [-0.25, -0.2) is 8.42 Å². The van der Waals surface area contributed by atoms with Crippen LogP contribution in [0.3, 0.4) is 0 Å². The van der Waals surface area contributed by atoms with Crippen molar-refractivity contribution in [2.75, 3.05) is 6.54 Å². The van der Waals surface area contributed by atoms with Crippen molar-refractivity contribution >= 4 is 15.9 Å². The van der Waals surface area contributed by atoms with Gasteiger partial charge in [-0.05, 0) is 48.4 Å². The molecule has 5 heteroatoms. The Bertz CT molecular complexity index is 862. The summed E-state index contributed by atoms with van der Waals surface area (Å²) < 4.78 is 26.6. The van der Waals surface area contributed by atoms with Gasteiger partial charge < -0.3 is 0 Å². The van der Waals surface area contributed by atoms with E-state index in [0.29, 0.717) is 28.8 Å². The molecule has 4 nitrogen and oxygen atoms in total. The maximum atomic E-state index is 12.0. The molecule has 0 radical (unpaired) electrons. The number of aliphatic imine (C=N–C) groups is 1. The van der Waals surface area contributed by atoms with Crippen LogP contribution in [0, 0.1) is 5.92 Å². The summed E-state index contributed by atoms with van der Waals surface area (Å²) >= 11 is 0. The molecule has 1 N–H and O–H groups in total. The van der Waals surface area contributed by atoms with E-state index in [-0.39, 0.29) is 0 Å². The van der Waals surface area contributed by atoms with Crippen LogP contribution in [0.5, 0.6) is 0 Å². The molecule has 0 atom stereocenters. The fraction of sp³-hybridized carbons (Fsp3) is 0.278. The summed E-state index contributed by atoms with van der Waals surface area (Å²) in [7, 11) is -3.43. The largest absolute Gasteiger partial charge is 0.267 e. The molecule has 0 amide bonds. The SMILES string of the molecule is O=S1(=O)NC(=NCCC2Cc3ccccc3C2)c2ccccc21. The fourth-order valence-corrected chi connectivity index (χ4v) is 4.72. The van der Waals surface area contributed by atoms with Crippen LogP contribution >= 0.6 is 0 Å². The zero-order valence-corrected chi connectivity index (χ0v) is 13.5. The molecule has 1 heterocycles. The van der Waals surface area contributed by atoms with Crippen LogP contribution in [0.15, 0.2) is 58.4 Å². The monoisotopic (exact) mass is 326 g/mol. The molecule has 23 heavy (non-hydrogen) atoms. The number of rotatable bonds is 3. The first kappa shape index (κ1) is 14.5. The molecule has 2 aromatic carbocycles. The predicted molar refractivity (Wildman–Crippen MR) is 90.1 cm³/mol. The first-order chi connectivity index (χ1) is 11.1. The molecular weight excluding hydrogens is 308 g/mol. The maximum absolute atomic E-state index is 12.0. The summed E-state index contributed by atoms with van der Waals surface area (Å²) in [4.78, 5) is 4.84. The Kier molecular flexibility index (Phi) is 3.45. The third-order valence-corrected chi connectivity index (χ3v) is 6.00. The average Bonchev–Trinajstić information content (AvgIpc) is 3.07. The minimum atomic E-state index is -3.43. The van der Waals surface area contributed by atoms with Gasteiger partial charge in [0.15, 0.2) is 0 Å². The van der Waals surface area contributed by atoms with E-state index in [1.165, 1.54) is 11.1 Å². The van der Waals surface area contributed by atoms with Gasteiger partial charge in [-0.3, -0.25) is 9.71 Å². The van der Waals surface area contributed by atoms with Crippen LogP contribution in [0.1, 0.15) is 23.1 Å². The Balaban J connectivity index is 1.45. The number of hydrogen-bond acceptors (Lipinski definition) is 3. The van der Waals surface area contributed by atoms with E-state index >= 15 is 0 Å². The highest BCUT2D eigenvalue weighted by Gasteiger charge is 2.30. The van der Waals surface area contributed by atoms with Gasteiger partial charge in [0.25, 0.3) is 10.0 Å². The molecule has 0 aromatic heterocycles. The van der Waals surface area contributed by atoms with Gasteiger partial charge in [0.05, 0.1) is 4.90 Å². The summed E-state index contributed by atoms with van der Waals surface area (Å²) in [5.74, 6) is 1.08. The number of benzene rings is 2. The van der Waals surface area contributed by atoms with E-state index in [1.807, 2.05) is 6.07 Å². The molecule has 0 spiro atoms. The molecule has 4 rings (SSSR count). The average molecular weight is 326 g/mol. The fourth-order valence-electron chi connectivity index (χ4n) is 3.46. The molecule has 118 valence electrons. The molecular formula is C18H18N2O2S. The second-order valence-corrected chi connectivity index (χ2v) is 7.81. The lowest BCUT2D eigenvalue weighted by Crippen LogP contribution is -2.22. The van der Waals surface area contributed by atoms with Crippen molar-refractivity contribution in [3.05, 3.63) is 65.2 Å². The highest BCUT2D eigenvalue weighted by molar-refractivity contribution is 7.90. The van der Waals surface area contributed by atoms with Crippen molar-refractivity contribution in [3.8, 4) is 0 Å². The van der Waals surface area contributed by atoms with Gasteiger partial charge >= 0.3 is 0 Å². The molecule has 0 fully saturated rings. The number of sulfonamides is 1. The Morgan fingerprint density at radius 2 is 1.65 bits per heavy atom. The lowest BCUT2D eigenvalue weighted by atomic mass is 10.0. The molecule has 0 saturated carbocycles. The van der Waals surface area contributed by atoms with E-state index in [0.717, 1.165) is 19.3 Å². The normalized spacial score (nSPS) is 20.3. The maximum Gasteiger partial charge on any atom is 0.263 e. The van der Waals surface area contributed by atoms with Gasteiger partial charge in [0, 0.05) is 12.1 Å². The highest BCUT2D eigenvalue weighted by atomic mass is 32.2.